The Bertz CT molecular complexity index is 653. The minimum Gasteiger partial charge on any atom is -0.358 e. The van der Waals surface area contributed by atoms with Crippen molar-refractivity contribution in [3.63, 3.8) is 0 Å². The van der Waals surface area contributed by atoms with Gasteiger partial charge in [-0.05, 0) is 0 Å². The maximum Gasteiger partial charge on any atom is 0.341 e. The molecule has 0 atom stereocenters. The molecule has 4 N–H and O–H groups in total. The third kappa shape index (κ3) is 3.06. The smallest absolute Gasteiger partial charge is 0.341 e. The summed E-state index contributed by atoms with van der Waals surface area (Å²) in [6.45, 7) is 0.0472. The van der Waals surface area contributed by atoms with Gasteiger partial charge in [0.05, 0.1) is 11.9 Å². The number of carbonyl (C=O) groups excluding carboxylic acids is 2. The fourth-order valence-electron chi connectivity index (χ4n) is 1.31. The fraction of sp³-hybridized carbons (Fsp3) is 0.222. The molecule has 0 unspecified atom stereocenters. The quantitative estimate of drug-likeness (QED) is 0.521. The number of amides is 2. The molecule has 0 aliphatic rings. The molecule has 100 valence electrons. The second-order valence-corrected chi connectivity index (χ2v) is 3.58. The molecule has 10 heteroatoms. The van der Waals surface area contributed by atoms with Crippen molar-refractivity contribution >= 4 is 17.5 Å². The van der Waals surface area contributed by atoms with E-state index in [1.54, 1.807) is 0 Å². The van der Waals surface area contributed by atoms with Crippen LogP contribution in [0.15, 0.2) is 17.2 Å². The van der Waals surface area contributed by atoms with E-state index in [2.05, 4.69) is 30.9 Å². The summed E-state index contributed by atoms with van der Waals surface area (Å²) >= 11 is 0. The first-order chi connectivity index (χ1) is 9.08. The minimum absolute atomic E-state index is 0.0472. The molecule has 0 fully saturated rings. The zero-order chi connectivity index (χ0) is 13.8. The first-order valence-electron chi connectivity index (χ1n) is 5.27. The van der Waals surface area contributed by atoms with Gasteiger partial charge in [-0.3, -0.25) is 19.3 Å². The SMILES string of the molecule is CNC(=O)Cn1cc(NC(=O)c2n[nH]c(=O)[nH]2)cn1. The van der Waals surface area contributed by atoms with E-state index in [-0.39, 0.29) is 18.3 Å². The van der Waals surface area contributed by atoms with Crippen molar-refractivity contribution in [3.05, 3.63) is 28.7 Å². The zero-order valence-corrected chi connectivity index (χ0v) is 9.93. The molecule has 0 saturated carbocycles. The molecule has 0 aliphatic carbocycles. The van der Waals surface area contributed by atoms with E-state index in [1.165, 1.54) is 24.1 Å². The lowest BCUT2D eigenvalue weighted by molar-refractivity contribution is -0.121. The topological polar surface area (TPSA) is 138 Å². The highest BCUT2D eigenvalue weighted by Crippen LogP contribution is 2.05. The van der Waals surface area contributed by atoms with Gasteiger partial charge in [0, 0.05) is 13.2 Å². The maximum atomic E-state index is 11.6. The number of nitrogens with zero attached hydrogens (tertiary/aromatic N) is 3. The van der Waals surface area contributed by atoms with Crippen LogP contribution in [0, 0.1) is 0 Å². The predicted octanol–water partition coefficient (Wildman–Crippen LogP) is -1.71. The van der Waals surface area contributed by atoms with Crippen LogP contribution >= 0.6 is 0 Å². The van der Waals surface area contributed by atoms with E-state index in [0.29, 0.717) is 5.69 Å². The molecule has 0 bridgehead atoms. The molecule has 0 spiro atoms. The molecule has 2 heterocycles. The molecule has 2 aromatic heterocycles. The Hall–Kier alpha value is -2.91. The standard InChI is InChI=1S/C9H11N7O3/c1-10-6(17)4-16-3-5(2-11-16)12-8(18)7-13-9(19)15-14-7/h2-3H,4H2,1H3,(H,10,17)(H,12,18)(H2,13,14,15,19). The van der Waals surface area contributed by atoms with Gasteiger partial charge >= 0.3 is 5.69 Å². The molecule has 0 aromatic carbocycles. The lowest BCUT2D eigenvalue weighted by Crippen LogP contribution is -2.23. The first kappa shape index (κ1) is 12.5. The number of rotatable bonds is 4. The Kier molecular flexibility index (Phi) is 3.41. The average Bonchev–Trinajstić information content (AvgIpc) is 2.98. The molecule has 2 rings (SSSR count). The van der Waals surface area contributed by atoms with Crippen LogP contribution in [0.5, 0.6) is 0 Å². The Morgan fingerprint density at radius 2 is 2.26 bits per heavy atom. The van der Waals surface area contributed by atoms with E-state index >= 15 is 0 Å². The second-order valence-electron chi connectivity index (χ2n) is 3.58. The van der Waals surface area contributed by atoms with Crippen molar-refractivity contribution in [2.24, 2.45) is 0 Å². The van der Waals surface area contributed by atoms with Crippen LogP contribution in [-0.4, -0.2) is 43.8 Å². The van der Waals surface area contributed by atoms with Gasteiger partial charge in [0.2, 0.25) is 11.7 Å². The number of hydrogen-bond acceptors (Lipinski definition) is 5. The van der Waals surface area contributed by atoms with Gasteiger partial charge in [0.1, 0.15) is 6.54 Å². The van der Waals surface area contributed by atoms with Gasteiger partial charge in [-0.15, -0.1) is 5.10 Å². The lowest BCUT2D eigenvalue weighted by atomic mass is 10.5. The largest absolute Gasteiger partial charge is 0.358 e. The fourth-order valence-corrected chi connectivity index (χ4v) is 1.31. The van der Waals surface area contributed by atoms with Crippen LogP contribution in [0.1, 0.15) is 10.6 Å². The highest BCUT2D eigenvalue weighted by Gasteiger charge is 2.11. The number of likely N-dealkylation sites (N-methyl/N-ethyl adjacent to an activating group) is 1. The van der Waals surface area contributed by atoms with Gasteiger partial charge in [-0.1, -0.05) is 0 Å². The highest BCUT2D eigenvalue weighted by molar-refractivity contribution is 6.01. The molecule has 2 aromatic rings. The zero-order valence-electron chi connectivity index (χ0n) is 9.93. The molecule has 0 radical (unpaired) electrons. The normalized spacial score (nSPS) is 10.2. The molecule has 0 aliphatic heterocycles. The third-order valence-electron chi connectivity index (χ3n) is 2.19. The number of aromatic amines is 2. The predicted molar refractivity (Wildman–Crippen MR) is 63.5 cm³/mol. The van der Waals surface area contributed by atoms with Gasteiger partial charge in [-0.2, -0.15) is 5.10 Å². The summed E-state index contributed by atoms with van der Waals surface area (Å²) in [5, 5.41) is 14.4. The summed E-state index contributed by atoms with van der Waals surface area (Å²) in [4.78, 5) is 35.8. The number of carbonyl (C=O) groups is 2. The van der Waals surface area contributed by atoms with Gasteiger partial charge in [-0.25, -0.2) is 9.89 Å². The summed E-state index contributed by atoms with van der Waals surface area (Å²) in [6.07, 6.45) is 2.86. The van der Waals surface area contributed by atoms with E-state index < -0.39 is 11.6 Å². The number of anilines is 1. The number of H-pyrrole nitrogens is 2. The van der Waals surface area contributed by atoms with Crippen LogP contribution in [0.25, 0.3) is 0 Å². The van der Waals surface area contributed by atoms with Crippen molar-refractivity contribution in [2.75, 3.05) is 12.4 Å². The van der Waals surface area contributed by atoms with Crippen LogP contribution in [0.4, 0.5) is 5.69 Å². The Morgan fingerprint density at radius 3 is 2.89 bits per heavy atom. The van der Waals surface area contributed by atoms with E-state index in [0.717, 1.165) is 0 Å². The van der Waals surface area contributed by atoms with Crippen molar-refractivity contribution in [3.8, 4) is 0 Å². The van der Waals surface area contributed by atoms with Crippen LogP contribution < -0.4 is 16.3 Å². The first-order valence-corrected chi connectivity index (χ1v) is 5.27. The summed E-state index contributed by atoms with van der Waals surface area (Å²) in [5.74, 6) is -0.931. The summed E-state index contributed by atoms with van der Waals surface area (Å²) < 4.78 is 1.36. The molecule has 2 amide bonds. The number of aromatic nitrogens is 5. The molecule has 10 nitrogen and oxygen atoms in total. The van der Waals surface area contributed by atoms with Gasteiger partial charge in [0.15, 0.2) is 0 Å². The van der Waals surface area contributed by atoms with E-state index in [4.69, 9.17) is 0 Å². The second kappa shape index (κ2) is 5.16. The summed E-state index contributed by atoms with van der Waals surface area (Å²) in [6, 6.07) is 0. The Balaban J connectivity index is 2.02. The van der Waals surface area contributed by atoms with Crippen molar-refractivity contribution in [1.29, 1.82) is 0 Å². The van der Waals surface area contributed by atoms with Crippen molar-refractivity contribution in [1.82, 2.24) is 30.3 Å². The lowest BCUT2D eigenvalue weighted by Gasteiger charge is -1.99. The van der Waals surface area contributed by atoms with Crippen molar-refractivity contribution < 1.29 is 9.59 Å². The van der Waals surface area contributed by atoms with Gasteiger partial charge < -0.3 is 10.6 Å². The summed E-state index contributed by atoms with van der Waals surface area (Å²) in [7, 11) is 1.52. The van der Waals surface area contributed by atoms with Crippen LogP contribution in [0.3, 0.4) is 0 Å². The van der Waals surface area contributed by atoms with E-state index in [9.17, 15) is 14.4 Å². The Labute approximate surface area is 106 Å². The average molecular weight is 265 g/mol. The number of hydrogen-bond donors (Lipinski definition) is 4. The summed E-state index contributed by atoms with van der Waals surface area (Å²) in [5.41, 5.74) is -0.182. The molecular formula is C9H11N7O3. The van der Waals surface area contributed by atoms with Gasteiger partial charge in [0.25, 0.3) is 5.91 Å². The minimum atomic E-state index is -0.585. The van der Waals surface area contributed by atoms with Crippen LogP contribution in [0.2, 0.25) is 0 Å². The third-order valence-corrected chi connectivity index (χ3v) is 2.19. The molecule has 0 saturated heterocycles. The molecule has 19 heavy (non-hydrogen) atoms. The van der Waals surface area contributed by atoms with Crippen LogP contribution in [-0.2, 0) is 11.3 Å². The molecular weight excluding hydrogens is 254 g/mol. The van der Waals surface area contributed by atoms with Crippen molar-refractivity contribution in [2.45, 2.75) is 6.54 Å². The number of nitrogens with one attached hydrogen (secondary N) is 4. The monoisotopic (exact) mass is 265 g/mol. The Morgan fingerprint density at radius 1 is 1.47 bits per heavy atom. The highest BCUT2D eigenvalue weighted by atomic mass is 16.2. The van der Waals surface area contributed by atoms with E-state index in [1.807, 2.05) is 0 Å². The maximum absolute atomic E-state index is 11.6.